The summed E-state index contributed by atoms with van der Waals surface area (Å²) in [7, 11) is 0. The third-order valence-corrected chi connectivity index (χ3v) is 5.41. The monoisotopic (exact) mass is 370 g/mol. The zero-order valence-corrected chi connectivity index (χ0v) is 15.8. The van der Waals surface area contributed by atoms with Crippen molar-refractivity contribution in [2.45, 2.75) is 26.2 Å². The molecule has 2 aromatic rings. The summed E-state index contributed by atoms with van der Waals surface area (Å²) in [4.78, 5) is 26.5. The van der Waals surface area contributed by atoms with Gasteiger partial charge in [0.2, 0.25) is 0 Å². The molecule has 0 bridgehead atoms. The van der Waals surface area contributed by atoms with Crippen molar-refractivity contribution in [2.75, 3.05) is 13.2 Å². The van der Waals surface area contributed by atoms with Gasteiger partial charge in [0.1, 0.15) is 11.7 Å². The number of carbonyl (C=O) groups excluding carboxylic acids is 2. The first kappa shape index (κ1) is 18.4. The van der Waals surface area contributed by atoms with Gasteiger partial charge in [0.15, 0.2) is 5.78 Å². The number of ketones is 1. The van der Waals surface area contributed by atoms with E-state index < -0.39 is 11.9 Å². The van der Waals surface area contributed by atoms with Gasteiger partial charge in [-0.1, -0.05) is 24.3 Å². The molecule has 2 atom stereocenters. The number of ether oxygens (including phenoxy) is 2. The maximum atomic E-state index is 12.9. The summed E-state index contributed by atoms with van der Waals surface area (Å²) < 4.78 is 11.0. The van der Waals surface area contributed by atoms with Crippen LogP contribution in [0, 0.1) is 5.92 Å². The lowest BCUT2D eigenvalue weighted by atomic mass is 9.74. The Kier molecular flexibility index (Phi) is 5.89. The predicted octanol–water partition coefficient (Wildman–Crippen LogP) is 4.47. The number of hydrogen-bond acceptors (Lipinski definition) is 5. The minimum atomic E-state index is -0.833. The first-order chi connectivity index (χ1) is 12.7. The quantitative estimate of drug-likeness (QED) is 0.556. The van der Waals surface area contributed by atoms with Gasteiger partial charge < -0.3 is 9.47 Å². The van der Waals surface area contributed by atoms with Crippen molar-refractivity contribution in [3.63, 3.8) is 0 Å². The number of rotatable bonds is 6. The second-order valence-electron chi connectivity index (χ2n) is 6.06. The molecule has 136 valence electrons. The molecule has 1 aliphatic carbocycles. The van der Waals surface area contributed by atoms with Gasteiger partial charge in [-0.25, -0.2) is 0 Å². The van der Waals surface area contributed by atoms with Crippen LogP contribution in [-0.4, -0.2) is 25.0 Å². The lowest BCUT2D eigenvalue weighted by Gasteiger charge is -2.30. The molecule has 0 fully saturated rings. The van der Waals surface area contributed by atoms with E-state index in [9.17, 15) is 9.59 Å². The molecule has 1 aromatic heterocycles. The highest BCUT2D eigenvalue weighted by Gasteiger charge is 2.41. The Labute approximate surface area is 157 Å². The summed E-state index contributed by atoms with van der Waals surface area (Å²) in [5.74, 6) is -1.08. The van der Waals surface area contributed by atoms with Crippen molar-refractivity contribution in [3.05, 3.63) is 58.3 Å². The van der Waals surface area contributed by atoms with Crippen LogP contribution in [0.15, 0.2) is 47.9 Å². The maximum absolute atomic E-state index is 12.9. The summed E-state index contributed by atoms with van der Waals surface area (Å²) in [5.41, 5.74) is 1.84. The highest BCUT2D eigenvalue weighted by atomic mass is 32.1. The second kappa shape index (κ2) is 8.32. The molecule has 1 heterocycles. The number of thiophene rings is 1. The molecule has 0 spiro atoms. The third-order valence-electron chi connectivity index (χ3n) is 4.46. The number of esters is 1. The minimum absolute atomic E-state index is 0.200. The van der Waals surface area contributed by atoms with Crippen molar-refractivity contribution in [1.82, 2.24) is 0 Å². The van der Waals surface area contributed by atoms with E-state index in [1.54, 1.807) is 24.3 Å². The predicted molar refractivity (Wildman–Crippen MR) is 102 cm³/mol. The maximum Gasteiger partial charge on any atom is 0.317 e. The number of para-hydroxylation sites is 1. The summed E-state index contributed by atoms with van der Waals surface area (Å²) in [6.45, 7) is 4.45. The largest absolute Gasteiger partial charge is 0.494 e. The average Bonchev–Trinajstić information content (AvgIpc) is 3.16. The van der Waals surface area contributed by atoms with E-state index in [4.69, 9.17) is 9.47 Å². The number of carbonyl (C=O) groups is 2. The van der Waals surface area contributed by atoms with Crippen LogP contribution in [0.4, 0.5) is 0 Å². The van der Waals surface area contributed by atoms with Gasteiger partial charge in [-0.3, -0.25) is 9.59 Å². The van der Waals surface area contributed by atoms with Gasteiger partial charge >= 0.3 is 5.97 Å². The molecule has 5 heteroatoms. The molecule has 0 saturated carbocycles. The second-order valence-corrected chi connectivity index (χ2v) is 7.01. The molecule has 0 amide bonds. The summed E-state index contributed by atoms with van der Waals surface area (Å²) in [6, 6.07) is 11.6. The van der Waals surface area contributed by atoms with Gasteiger partial charge in [-0.05, 0) is 55.0 Å². The Bertz CT molecular complexity index is 807. The highest BCUT2D eigenvalue weighted by Crippen LogP contribution is 2.44. The van der Waals surface area contributed by atoms with E-state index in [0.29, 0.717) is 13.0 Å². The Morgan fingerprint density at radius 1 is 1.15 bits per heavy atom. The molecular formula is C21H22O4S. The average molecular weight is 370 g/mol. The van der Waals surface area contributed by atoms with Crippen LogP contribution >= 0.6 is 11.3 Å². The Hall–Kier alpha value is -2.40. The molecule has 4 nitrogen and oxygen atoms in total. The van der Waals surface area contributed by atoms with Crippen LogP contribution in [0.1, 0.15) is 36.6 Å². The third kappa shape index (κ3) is 3.73. The molecule has 3 rings (SSSR count). The van der Waals surface area contributed by atoms with Crippen LogP contribution < -0.4 is 4.74 Å². The van der Waals surface area contributed by atoms with Gasteiger partial charge in [0.05, 0.1) is 13.2 Å². The van der Waals surface area contributed by atoms with E-state index in [1.165, 1.54) is 0 Å². The first-order valence-corrected chi connectivity index (χ1v) is 9.70. The topological polar surface area (TPSA) is 52.6 Å². The summed E-state index contributed by atoms with van der Waals surface area (Å²) >= 11 is 1.60. The molecule has 1 aliphatic rings. The van der Waals surface area contributed by atoms with Crippen molar-refractivity contribution in [1.29, 1.82) is 0 Å². The minimum Gasteiger partial charge on any atom is -0.494 e. The van der Waals surface area contributed by atoms with Gasteiger partial charge in [0.25, 0.3) is 0 Å². The standard InChI is InChI=1S/C21H22O4S/c1-3-24-18-9-6-5-8-15(18)16-12-14(19-10-7-11-26-19)13-17(22)20(16)21(23)25-4-2/h5-11,13,16,20H,3-4,12H2,1-2H3. The zero-order chi connectivity index (χ0) is 18.5. The van der Waals surface area contributed by atoms with E-state index in [2.05, 4.69) is 0 Å². The van der Waals surface area contributed by atoms with E-state index in [0.717, 1.165) is 21.8 Å². The number of benzene rings is 1. The van der Waals surface area contributed by atoms with Crippen LogP contribution in [0.25, 0.3) is 5.57 Å². The van der Waals surface area contributed by atoms with Crippen LogP contribution in [0.5, 0.6) is 5.75 Å². The first-order valence-electron chi connectivity index (χ1n) is 8.82. The Balaban J connectivity index is 2.05. The molecule has 0 aliphatic heterocycles. The Morgan fingerprint density at radius 2 is 1.96 bits per heavy atom. The zero-order valence-electron chi connectivity index (χ0n) is 14.9. The van der Waals surface area contributed by atoms with E-state index >= 15 is 0 Å². The highest BCUT2D eigenvalue weighted by molar-refractivity contribution is 7.11. The fourth-order valence-corrected chi connectivity index (χ4v) is 4.14. The lowest BCUT2D eigenvalue weighted by molar-refractivity contribution is -0.151. The van der Waals surface area contributed by atoms with Crippen molar-refractivity contribution < 1.29 is 19.1 Å². The molecule has 0 radical (unpaired) electrons. The molecule has 2 unspecified atom stereocenters. The van der Waals surface area contributed by atoms with Gasteiger partial charge in [-0.15, -0.1) is 11.3 Å². The number of hydrogen-bond donors (Lipinski definition) is 0. The molecule has 1 aromatic carbocycles. The van der Waals surface area contributed by atoms with Crippen LogP contribution in [0.3, 0.4) is 0 Å². The molecule has 0 saturated heterocycles. The molecular weight excluding hydrogens is 348 g/mol. The smallest absolute Gasteiger partial charge is 0.317 e. The van der Waals surface area contributed by atoms with E-state index in [1.807, 2.05) is 48.7 Å². The summed E-state index contributed by atoms with van der Waals surface area (Å²) in [6.07, 6.45) is 2.20. The van der Waals surface area contributed by atoms with Gasteiger partial charge in [-0.2, -0.15) is 0 Å². The molecule has 26 heavy (non-hydrogen) atoms. The van der Waals surface area contributed by atoms with Crippen molar-refractivity contribution in [3.8, 4) is 5.75 Å². The lowest BCUT2D eigenvalue weighted by Crippen LogP contribution is -2.34. The Morgan fingerprint density at radius 3 is 2.65 bits per heavy atom. The van der Waals surface area contributed by atoms with Crippen molar-refractivity contribution in [2.24, 2.45) is 5.92 Å². The van der Waals surface area contributed by atoms with Crippen LogP contribution in [-0.2, 0) is 14.3 Å². The molecule has 0 N–H and O–H groups in total. The normalized spacial score (nSPS) is 19.8. The van der Waals surface area contributed by atoms with E-state index in [-0.39, 0.29) is 18.3 Å². The van der Waals surface area contributed by atoms with Crippen LogP contribution in [0.2, 0.25) is 0 Å². The SMILES string of the molecule is CCOC(=O)C1C(=O)C=C(c2cccs2)CC1c1ccccc1OCC. The van der Waals surface area contributed by atoms with Crippen molar-refractivity contribution >= 4 is 28.7 Å². The van der Waals surface area contributed by atoms with Gasteiger partial charge in [0, 0.05) is 10.8 Å². The fourth-order valence-electron chi connectivity index (χ4n) is 3.38. The fraction of sp³-hybridized carbons (Fsp3) is 0.333. The number of allylic oxidation sites excluding steroid dienone is 2. The summed E-state index contributed by atoms with van der Waals surface area (Å²) in [5, 5.41) is 1.99.